The fourth-order valence-corrected chi connectivity index (χ4v) is 2.16. The number of nitrogens with zero attached hydrogens (tertiary/aromatic N) is 1. The molecule has 1 aromatic heterocycles. The van der Waals surface area contributed by atoms with Gasteiger partial charge in [-0.05, 0) is 43.2 Å². The number of hydrogen-bond acceptors (Lipinski definition) is 3. The normalized spacial score (nSPS) is 12.6. The lowest BCUT2D eigenvalue weighted by Crippen LogP contribution is -2.18. The summed E-state index contributed by atoms with van der Waals surface area (Å²) in [6.07, 6.45) is 3.49. The number of nitrogens with two attached hydrogens (primary N) is 1. The van der Waals surface area contributed by atoms with Crippen LogP contribution in [0.5, 0.6) is 0 Å². The van der Waals surface area contributed by atoms with E-state index in [2.05, 4.69) is 30.2 Å². The third-order valence-electron chi connectivity index (χ3n) is 3.20. The van der Waals surface area contributed by atoms with Crippen molar-refractivity contribution in [1.82, 2.24) is 4.98 Å². The molecule has 1 unspecified atom stereocenters. The number of benzene rings is 1. The van der Waals surface area contributed by atoms with Gasteiger partial charge in [-0.2, -0.15) is 0 Å². The molecule has 0 aliphatic carbocycles. The van der Waals surface area contributed by atoms with Gasteiger partial charge in [0.1, 0.15) is 5.82 Å². The molecule has 2 rings (SSSR count). The number of rotatable bonds is 5. The molecular formula is C15H21N3. The molecule has 0 saturated carbocycles. The standard InChI is InChI=1S/C15H21N3/c1-3-5-13(4-2)17-15-9-6-11-10-12(16)7-8-14(11)18-15/h6-10,13H,3-5,16H2,1-2H3,(H,17,18). The maximum atomic E-state index is 5.76. The van der Waals surface area contributed by atoms with Crippen LogP contribution in [0.3, 0.4) is 0 Å². The summed E-state index contributed by atoms with van der Waals surface area (Å²) >= 11 is 0. The van der Waals surface area contributed by atoms with Gasteiger partial charge in [0.15, 0.2) is 0 Å². The maximum absolute atomic E-state index is 5.76. The molecule has 0 amide bonds. The number of pyridine rings is 1. The average molecular weight is 243 g/mol. The molecule has 2 aromatic rings. The minimum absolute atomic E-state index is 0.508. The third-order valence-corrected chi connectivity index (χ3v) is 3.20. The fourth-order valence-electron chi connectivity index (χ4n) is 2.16. The van der Waals surface area contributed by atoms with Gasteiger partial charge in [-0.15, -0.1) is 0 Å². The van der Waals surface area contributed by atoms with Gasteiger partial charge in [0.05, 0.1) is 5.52 Å². The highest BCUT2D eigenvalue weighted by Crippen LogP contribution is 2.19. The Hall–Kier alpha value is -1.77. The highest BCUT2D eigenvalue weighted by atomic mass is 15.0. The Balaban J connectivity index is 2.21. The Morgan fingerprint density at radius 2 is 2.06 bits per heavy atom. The third kappa shape index (κ3) is 2.92. The predicted octanol–water partition coefficient (Wildman–Crippen LogP) is 3.81. The largest absolute Gasteiger partial charge is 0.399 e. The molecule has 3 nitrogen and oxygen atoms in total. The van der Waals surface area contributed by atoms with Crippen LogP contribution in [0.4, 0.5) is 11.5 Å². The van der Waals surface area contributed by atoms with Gasteiger partial charge in [-0.3, -0.25) is 0 Å². The summed E-state index contributed by atoms with van der Waals surface area (Å²) in [5.74, 6) is 0.951. The Morgan fingerprint density at radius 3 is 2.78 bits per heavy atom. The van der Waals surface area contributed by atoms with E-state index in [4.69, 9.17) is 5.73 Å². The second kappa shape index (κ2) is 5.71. The zero-order chi connectivity index (χ0) is 13.0. The lowest BCUT2D eigenvalue weighted by Gasteiger charge is -2.16. The summed E-state index contributed by atoms with van der Waals surface area (Å²) in [4.78, 5) is 4.62. The Bertz CT molecular complexity index is 522. The van der Waals surface area contributed by atoms with Crippen LogP contribution < -0.4 is 11.1 Å². The first kappa shape index (κ1) is 12.7. The highest BCUT2D eigenvalue weighted by Gasteiger charge is 2.06. The zero-order valence-corrected chi connectivity index (χ0v) is 11.1. The van der Waals surface area contributed by atoms with E-state index in [1.54, 1.807) is 0 Å². The van der Waals surface area contributed by atoms with E-state index in [0.717, 1.165) is 28.8 Å². The van der Waals surface area contributed by atoms with Gasteiger partial charge >= 0.3 is 0 Å². The van der Waals surface area contributed by atoms with Gasteiger partial charge in [-0.25, -0.2) is 4.98 Å². The van der Waals surface area contributed by atoms with Crippen LogP contribution in [0.2, 0.25) is 0 Å². The molecule has 0 aliphatic heterocycles. The Morgan fingerprint density at radius 1 is 1.22 bits per heavy atom. The highest BCUT2D eigenvalue weighted by molar-refractivity contribution is 5.83. The summed E-state index contributed by atoms with van der Waals surface area (Å²) in [6, 6.07) is 10.4. The smallest absolute Gasteiger partial charge is 0.126 e. The van der Waals surface area contributed by atoms with E-state index in [9.17, 15) is 0 Å². The molecular weight excluding hydrogens is 222 g/mol. The van der Waals surface area contributed by atoms with Crippen molar-refractivity contribution in [2.24, 2.45) is 0 Å². The van der Waals surface area contributed by atoms with Crippen molar-refractivity contribution < 1.29 is 0 Å². The molecule has 1 heterocycles. The second-order valence-corrected chi connectivity index (χ2v) is 4.69. The van der Waals surface area contributed by atoms with E-state index in [1.807, 2.05) is 24.3 Å². The quantitative estimate of drug-likeness (QED) is 0.785. The van der Waals surface area contributed by atoms with Crippen molar-refractivity contribution in [2.45, 2.75) is 39.2 Å². The molecule has 0 saturated heterocycles. The number of nitrogens with one attached hydrogen (secondary N) is 1. The van der Waals surface area contributed by atoms with E-state index in [-0.39, 0.29) is 0 Å². The molecule has 0 fully saturated rings. The van der Waals surface area contributed by atoms with Gasteiger partial charge in [0.25, 0.3) is 0 Å². The molecule has 3 heteroatoms. The number of hydrogen-bond donors (Lipinski definition) is 2. The van der Waals surface area contributed by atoms with Crippen molar-refractivity contribution in [1.29, 1.82) is 0 Å². The van der Waals surface area contributed by atoms with Gasteiger partial charge in [-0.1, -0.05) is 20.3 Å². The summed E-state index contributed by atoms with van der Waals surface area (Å²) in [5.41, 5.74) is 7.53. The summed E-state index contributed by atoms with van der Waals surface area (Å²) in [7, 11) is 0. The predicted molar refractivity (Wildman–Crippen MR) is 78.8 cm³/mol. The van der Waals surface area contributed by atoms with Crippen molar-refractivity contribution in [3.63, 3.8) is 0 Å². The van der Waals surface area contributed by atoms with Crippen LogP contribution in [0.1, 0.15) is 33.1 Å². The van der Waals surface area contributed by atoms with Gasteiger partial charge in [0.2, 0.25) is 0 Å². The lowest BCUT2D eigenvalue weighted by molar-refractivity contribution is 0.621. The van der Waals surface area contributed by atoms with Gasteiger partial charge < -0.3 is 11.1 Å². The number of nitrogen functional groups attached to an aromatic ring is 1. The summed E-state index contributed by atoms with van der Waals surface area (Å²) < 4.78 is 0. The molecule has 1 atom stereocenters. The molecule has 1 aromatic carbocycles. The molecule has 3 N–H and O–H groups in total. The Labute approximate surface area is 108 Å². The number of anilines is 2. The Kier molecular flexibility index (Phi) is 4.03. The van der Waals surface area contributed by atoms with Crippen LogP contribution >= 0.6 is 0 Å². The summed E-state index contributed by atoms with van der Waals surface area (Å²) in [5, 5.41) is 4.58. The van der Waals surface area contributed by atoms with Crippen LogP contribution in [-0.2, 0) is 0 Å². The topological polar surface area (TPSA) is 50.9 Å². The van der Waals surface area contributed by atoms with Crippen molar-refractivity contribution in [3.05, 3.63) is 30.3 Å². The maximum Gasteiger partial charge on any atom is 0.126 e. The van der Waals surface area contributed by atoms with E-state index in [1.165, 1.54) is 12.8 Å². The fraction of sp³-hybridized carbons (Fsp3) is 0.400. The molecule has 0 radical (unpaired) electrons. The number of aromatic nitrogens is 1. The van der Waals surface area contributed by atoms with Crippen LogP contribution in [0.25, 0.3) is 10.9 Å². The van der Waals surface area contributed by atoms with Crippen LogP contribution in [0, 0.1) is 0 Å². The molecule has 0 aliphatic rings. The minimum Gasteiger partial charge on any atom is -0.399 e. The lowest BCUT2D eigenvalue weighted by atomic mass is 10.1. The molecule has 0 bridgehead atoms. The van der Waals surface area contributed by atoms with Crippen molar-refractivity contribution >= 4 is 22.4 Å². The first-order valence-corrected chi connectivity index (χ1v) is 6.65. The molecule has 0 spiro atoms. The van der Waals surface area contributed by atoms with Crippen molar-refractivity contribution in [3.8, 4) is 0 Å². The first-order valence-electron chi connectivity index (χ1n) is 6.65. The second-order valence-electron chi connectivity index (χ2n) is 4.69. The van der Waals surface area contributed by atoms with Crippen molar-refractivity contribution in [2.75, 3.05) is 11.1 Å². The van der Waals surface area contributed by atoms with Gasteiger partial charge in [0, 0.05) is 17.1 Å². The minimum atomic E-state index is 0.508. The average Bonchev–Trinajstić information content (AvgIpc) is 2.38. The first-order chi connectivity index (χ1) is 8.72. The summed E-state index contributed by atoms with van der Waals surface area (Å²) in [6.45, 7) is 4.41. The van der Waals surface area contributed by atoms with Crippen LogP contribution in [-0.4, -0.2) is 11.0 Å². The van der Waals surface area contributed by atoms with E-state index >= 15 is 0 Å². The monoisotopic (exact) mass is 243 g/mol. The zero-order valence-electron chi connectivity index (χ0n) is 11.1. The van der Waals surface area contributed by atoms with Crippen LogP contribution in [0.15, 0.2) is 30.3 Å². The molecule has 96 valence electrons. The van der Waals surface area contributed by atoms with E-state index in [0.29, 0.717) is 6.04 Å². The number of fused-ring (bicyclic) bond motifs is 1. The SMILES string of the molecule is CCCC(CC)Nc1ccc2cc(N)ccc2n1. The molecule has 18 heavy (non-hydrogen) atoms. The van der Waals surface area contributed by atoms with E-state index < -0.39 is 0 Å².